The second-order valence-corrected chi connectivity index (χ2v) is 7.18. The fourth-order valence-corrected chi connectivity index (χ4v) is 3.84. The van der Waals surface area contributed by atoms with Gasteiger partial charge in [0.2, 0.25) is 5.78 Å². The Labute approximate surface area is 144 Å². The van der Waals surface area contributed by atoms with Crippen LogP contribution < -0.4 is 4.74 Å². The van der Waals surface area contributed by atoms with Crippen molar-refractivity contribution in [3.63, 3.8) is 0 Å². The largest absolute Gasteiger partial charge is 0.482 e. The Bertz CT molecular complexity index is 645. The lowest BCUT2D eigenvalue weighted by molar-refractivity contribution is 0.0922. The van der Waals surface area contributed by atoms with Crippen LogP contribution in [0.5, 0.6) is 5.75 Å². The van der Waals surface area contributed by atoms with Crippen molar-refractivity contribution in [1.82, 2.24) is 0 Å². The van der Waals surface area contributed by atoms with E-state index < -0.39 is 0 Å². The van der Waals surface area contributed by atoms with Crippen LogP contribution in [0.4, 0.5) is 0 Å². The molecule has 8 heteroatoms. The van der Waals surface area contributed by atoms with E-state index in [0.717, 1.165) is 11.3 Å². The van der Waals surface area contributed by atoms with Crippen molar-refractivity contribution < 1.29 is 9.53 Å². The molecule has 0 N–H and O–H groups in total. The minimum absolute atomic E-state index is 0.198. The lowest BCUT2D eigenvalue weighted by atomic mass is 10.2. The molecule has 0 aliphatic rings. The lowest BCUT2D eigenvalue weighted by Gasteiger charge is -2.09. The van der Waals surface area contributed by atoms with Crippen LogP contribution in [0.2, 0.25) is 23.7 Å². The van der Waals surface area contributed by atoms with Crippen LogP contribution in [0, 0.1) is 0 Å². The van der Waals surface area contributed by atoms with Crippen LogP contribution in [-0.4, -0.2) is 12.4 Å². The molecular weight excluding hydrogens is 385 g/mol. The summed E-state index contributed by atoms with van der Waals surface area (Å²) in [5, 5.41) is 0.834. The zero-order valence-electron chi connectivity index (χ0n) is 9.55. The molecule has 0 atom stereocenters. The molecule has 0 unspecified atom stereocenters. The van der Waals surface area contributed by atoms with E-state index >= 15 is 0 Å². The third kappa shape index (κ3) is 3.73. The molecule has 0 bridgehead atoms. The van der Waals surface area contributed by atoms with Gasteiger partial charge in [-0.2, -0.15) is 0 Å². The molecule has 0 fully saturated rings. The van der Waals surface area contributed by atoms with Crippen molar-refractivity contribution in [2.75, 3.05) is 6.61 Å². The molecule has 1 aromatic heterocycles. The number of carbonyl (C=O) groups is 1. The predicted molar refractivity (Wildman–Crippen MR) is 85.6 cm³/mol. The average molecular weight is 391 g/mol. The number of benzene rings is 1. The molecule has 0 saturated carbocycles. The quantitative estimate of drug-likeness (QED) is 0.575. The summed E-state index contributed by atoms with van der Waals surface area (Å²) in [4.78, 5) is 12.0. The number of halogens is 5. The molecule has 106 valence electrons. The van der Waals surface area contributed by atoms with Crippen LogP contribution in [0.25, 0.3) is 0 Å². The minimum atomic E-state index is -0.319. The third-order valence-electron chi connectivity index (χ3n) is 2.27. The second-order valence-electron chi connectivity index (χ2n) is 3.65. The number of ether oxygens (including phenoxy) is 1. The van der Waals surface area contributed by atoms with Gasteiger partial charge in [0.05, 0.1) is 19.9 Å². The Morgan fingerprint density at radius 3 is 2.15 bits per heavy atom. The molecule has 2 aromatic rings. The Morgan fingerprint density at radius 1 is 1.05 bits per heavy atom. The molecule has 1 heterocycles. The van der Waals surface area contributed by atoms with Gasteiger partial charge in [0, 0.05) is 5.02 Å². The number of rotatable bonds is 4. The van der Waals surface area contributed by atoms with Gasteiger partial charge in [-0.25, -0.2) is 0 Å². The summed E-state index contributed by atoms with van der Waals surface area (Å²) >= 11 is 30.5. The number of hydrogen-bond acceptors (Lipinski definition) is 3. The summed E-state index contributed by atoms with van der Waals surface area (Å²) < 4.78 is 6.08. The highest BCUT2D eigenvalue weighted by atomic mass is 35.5. The van der Waals surface area contributed by atoms with Gasteiger partial charge in [-0.15, -0.1) is 11.3 Å². The maximum absolute atomic E-state index is 12.0. The average Bonchev–Trinajstić information content (AvgIpc) is 2.66. The van der Waals surface area contributed by atoms with Crippen LogP contribution in [0.3, 0.4) is 0 Å². The first-order valence-corrected chi connectivity index (χ1v) is 7.84. The fraction of sp³-hybridized carbons (Fsp3) is 0.0833. The zero-order chi connectivity index (χ0) is 14.9. The van der Waals surface area contributed by atoms with Gasteiger partial charge in [-0.1, -0.05) is 58.0 Å². The van der Waals surface area contributed by atoms with E-state index in [0.29, 0.717) is 19.3 Å². The van der Waals surface area contributed by atoms with Crippen LogP contribution in [-0.2, 0) is 0 Å². The van der Waals surface area contributed by atoms with Gasteiger partial charge in [-0.3, -0.25) is 4.79 Å². The standard InChI is InChI=1S/C12H5Cl5O2S/c13-5-1-7(14)11(8(15)2-5)19-4-9(18)6-3-10(16)20-12(6)17/h1-3H,4H2. The molecule has 0 amide bonds. The second kappa shape index (κ2) is 6.73. The summed E-state index contributed by atoms with van der Waals surface area (Å²) in [6.07, 6.45) is 0. The van der Waals surface area contributed by atoms with Gasteiger partial charge in [-0.05, 0) is 18.2 Å². The summed E-state index contributed by atoms with van der Waals surface area (Å²) in [6.45, 7) is -0.256. The molecule has 2 rings (SSSR count). The van der Waals surface area contributed by atoms with E-state index in [1.54, 1.807) is 0 Å². The maximum Gasteiger partial charge on any atom is 0.202 e. The first kappa shape index (κ1) is 16.2. The molecule has 0 aliphatic heterocycles. The minimum Gasteiger partial charge on any atom is -0.482 e. The Hall–Kier alpha value is -0.160. The maximum atomic E-state index is 12.0. The van der Waals surface area contributed by atoms with Crippen molar-refractivity contribution in [2.24, 2.45) is 0 Å². The monoisotopic (exact) mass is 388 g/mol. The van der Waals surface area contributed by atoms with Crippen LogP contribution in [0.1, 0.15) is 10.4 Å². The highest BCUT2D eigenvalue weighted by Gasteiger charge is 2.17. The van der Waals surface area contributed by atoms with Gasteiger partial charge >= 0.3 is 0 Å². The van der Waals surface area contributed by atoms with Crippen molar-refractivity contribution in [3.05, 3.63) is 47.5 Å². The molecule has 0 saturated heterocycles. The summed E-state index contributed by atoms with van der Waals surface area (Å²) in [6, 6.07) is 4.44. The van der Waals surface area contributed by atoms with Gasteiger partial charge in [0.25, 0.3) is 0 Å². The highest BCUT2D eigenvalue weighted by molar-refractivity contribution is 7.20. The van der Waals surface area contributed by atoms with Crippen LogP contribution >= 0.6 is 69.3 Å². The van der Waals surface area contributed by atoms with Gasteiger partial charge < -0.3 is 4.74 Å². The first-order chi connectivity index (χ1) is 9.38. The highest BCUT2D eigenvalue weighted by Crippen LogP contribution is 2.36. The van der Waals surface area contributed by atoms with E-state index in [9.17, 15) is 4.79 Å². The number of Topliss-reactive ketones (excluding diaryl/α,β-unsaturated/α-hetero) is 1. The molecule has 0 spiro atoms. The molecule has 20 heavy (non-hydrogen) atoms. The molecule has 2 nitrogen and oxygen atoms in total. The summed E-state index contributed by atoms with van der Waals surface area (Å²) in [7, 11) is 0. The molecular formula is C12H5Cl5O2S. The van der Waals surface area contributed by atoms with E-state index in [4.69, 9.17) is 62.7 Å². The third-order valence-corrected chi connectivity index (χ3v) is 4.54. The van der Waals surface area contributed by atoms with E-state index in [1.165, 1.54) is 18.2 Å². The lowest BCUT2D eigenvalue weighted by Crippen LogP contribution is -2.11. The molecule has 0 aliphatic carbocycles. The summed E-state index contributed by atoms with van der Waals surface area (Å²) in [5.41, 5.74) is 0.308. The van der Waals surface area contributed by atoms with E-state index in [-0.39, 0.29) is 28.2 Å². The topological polar surface area (TPSA) is 26.3 Å². The summed E-state index contributed by atoms with van der Waals surface area (Å²) in [5.74, 6) is -0.122. The predicted octanol–water partition coefficient (Wildman–Crippen LogP) is 6.28. The number of hydrogen-bond donors (Lipinski definition) is 0. The molecule has 1 aromatic carbocycles. The van der Waals surface area contributed by atoms with Crippen molar-refractivity contribution in [2.45, 2.75) is 0 Å². The number of ketones is 1. The van der Waals surface area contributed by atoms with Crippen molar-refractivity contribution in [3.8, 4) is 5.75 Å². The Morgan fingerprint density at radius 2 is 1.65 bits per heavy atom. The van der Waals surface area contributed by atoms with E-state index in [2.05, 4.69) is 0 Å². The SMILES string of the molecule is O=C(COc1c(Cl)cc(Cl)cc1Cl)c1cc(Cl)sc1Cl. The Balaban J connectivity index is 2.13. The number of carbonyl (C=O) groups excluding carboxylic acids is 1. The van der Waals surface area contributed by atoms with Gasteiger partial charge in [0.1, 0.15) is 4.34 Å². The molecule has 0 radical (unpaired) electrons. The zero-order valence-corrected chi connectivity index (χ0v) is 14.1. The van der Waals surface area contributed by atoms with E-state index in [1.807, 2.05) is 0 Å². The first-order valence-electron chi connectivity index (χ1n) is 5.14. The van der Waals surface area contributed by atoms with Crippen molar-refractivity contribution in [1.29, 1.82) is 0 Å². The van der Waals surface area contributed by atoms with Crippen LogP contribution in [0.15, 0.2) is 18.2 Å². The smallest absolute Gasteiger partial charge is 0.202 e. The van der Waals surface area contributed by atoms with Crippen molar-refractivity contribution >= 4 is 75.1 Å². The number of thiophene rings is 1. The Kier molecular flexibility index (Phi) is 5.46. The fourth-order valence-electron chi connectivity index (χ4n) is 1.41. The van der Waals surface area contributed by atoms with Gasteiger partial charge in [0.15, 0.2) is 12.4 Å². The normalized spacial score (nSPS) is 10.7.